The quantitative estimate of drug-likeness (QED) is 0.764. The summed E-state index contributed by atoms with van der Waals surface area (Å²) in [6.07, 6.45) is 5.96. The van der Waals surface area contributed by atoms with E-state index in [9.17, 15) is 9.59 Å². The van der Waals surface area contributed by atoms with E-state index in [1.54, 1.807) is 0 Å². The Kier molecular flexibility index (Phi) is 5.77. The number of carbonyl (C=O) groups excluding carboxylic acids is 2. The minimum Gasteiger partial charge on any atom is -0.350 e. The second-order valence-corrected chi connectivity index (χ2v) is 7.47. The van der Waals surface area contributed by atoms with Crippen LogP contribution in [0, 0.1) is 0 Å². The largest absolute Gasteiger partial charge is 0.350 e. The van der Waals surface area contributed by atoms with Crippen LogP contribution in [-0.4, -0.2) is 52.8 Å². The number of likely N-dealkylation sites (N-methyl/N-ethyl adjacent to an activating group) is 1. The molecular weight excluding hydrogens is 326 g/mol. The van der Waals surface area contributed by atoms with Crippen molar-refractivity contribution >= 4 is 11.8 Å². The van der Waals surface area contributed by atoms with Crippen LogP contribution in [0.4, 0.5) is 0 Å². The Labute approximate surface area is 156 Å². The third-order valence-corrected chi connectivity index (χ3v) is 5.81. The van der Waals surface area contributed by atoms with Crippen LogP contribution in [0.25, 0.3) is 0 Å². The fraction of sp³-hybridized carbons (Fsp3) is 0.524. The van der Waals surface area contributed by atoms with Gasteiger partial charge in [-0.2, -0.15) is 0 Å². The van der Waals surface area contributed by atoms with Gasteiger partial charge in [-0.05, 0) is 44.2 Å². The van der Waals surface area contributed by atoms with E-state index in [0.717, 1.165) is 19.5 Å². The molecule has 1 saturated carbocycles. The molecular formula is C21H29N3O2. The van der Waals surface area contributed by atoms with Crippen molar-refractivity contribution in [2.75, 3.05) is 19.6 Å². The molecule has 1 heterocycles. The number of carbonyl (C=O) groups is 2. The van der Waals surface area contributed by atoms with Gasteiger partial charge in [-0.25, -0.2) is 0 Å². The van der Waals surface area contributed by atoms with Gasteiger partial charge in [0, 0.05) is 31.2 Å². The predicted octanol–water partition coefficient (Wildman–Crippen LogP) is 2.33. The molecule has 3 rings (SSSR count). The third-order valence-electron chi connectivity index (χ3n) is 5.81. The molecule has 140 valence electrons. The molecule has 1 spiro atoms. The number of hydrogen-bond donors (Lipinski definition) is 1. The summed E-state index contributed by atoms with van der Waals surface area (Å²) < 4.78 is 0. The first-order valence-corrected chi connectivity index (χ1v) is 9.56. The van der Waals surface area contributed by atoms with Gasteiger partial charge in [0.1, 0.15) is 0 Å². The smallest absolute Gasteiger partial charge is 0.246 e. The van der Waals surface area contributed by atoms with Gasteiger partial charge in [0.15, 0.2) is 0 Å². The molecule has 2 fully saturated rings. The van der Waals surface area contributed by atoms with Crippen molar-refractivity contribution in [2.24, 2.45) is 0 Å². The van der Waals surface area contributed by atoms with Crippen molar-refractivity contribution in [3.63, 3.8) is 0 Å². The minimum atomic E-state index is -0.199. The summed E-state index contributed by atoms with van der Waals surface area (Å²) in [4.78, 5) is 28.2. The van der Waals surface area contributed by atoms with Crippen molar-refractivity contribution in [1.82, 2.24) is 15.1 Å². The van der Waals surface area contributed by atoms with Gasteiger partial charge in [-0.3, -0.25) is 14.5 Å². The van der Waals surface area contributed by atoms with Crippen LogP contribution in [0.15, 0.2) is 43.0 Å². The van der Waals surface area contributed by atoms with Crippen LogP contribution >= 0.6 is 0 Å². The van der Waals surface area contributed by atoms with Gasteiger partial charge >= 0.3 is 0 Å². The van der Waals surface area contributed by atoms with Crippen LogP contribution in [0.1, 0.15) is 38.2 Å². The second-order valence-electron chi connectivity index (χ2n) is 7.47. The zero-order chi connectivity index (χ0) is 18.6. The Morgan fingerprint density at radius 1 is 1.35 bits per heavy atom. The van der Waals surface area contributed by atoms with Gasteiger partial charge in [0.2, 0.25) is 11.8 Å². The Bertz CT molecular complexity index is 654. The van der Waals surface area contributed by atoms with E-state index in [4.69, 9.17) is 0 Å². The van der Waals surface area contributed by atoms with Crippen molar-refractivity contribution in [3.05, 3.63) is 48.6 Å². The summed E-state index contributed by atoms with van der Waals surface area (Å²) >= 11 is 0. The maximum Gasteiger partial charge on any atom is 0.246 e. The predicted molar refractivity (Wildman–Crippen MR) is 102 cm³/mol. The molecule has 1 N–H and O–H groups in total. The van der Waals surface area contributed by atoms with E-state index in [1.807, 2.05) is 13.0 Å². The van der Waals surface area contributed by atoms with E-state index in [0.29, 0.717) is 6.54 Å². The Balaban J connectivity index is 1.59. The van der Waals surface area contributed by atoms with Crippen molar-refractivity contribution in [3.8, 4) is 0 Å². The number of nitrogens with zero attached hydrogens (tertiary/aromatic N) is 2. The first kappa shape index (κ1) is 18.6. The standard InChI is InChI=1S/C21H29N3O2/c1-3-20(26)23(4-2)16-19(25)22-18-13-21(11-8-12-21)24(15-18)14-17-9-6-5-7-10-17/h3,5-7,9-10,18H,1,4,8,11-16H2,2H3,(H,22,25). The topological polar surface area (TPSA) is 52.7 Å². The van der Waals surface area contributed by atoms with E-state index in [2.05, 4.69) is 41.1 Å². The number of amides is 2. The maximum atomic E-state index is 12.4. The van der Waals surface area contributed by atoms with E-state index in [-0.39, 0.29) is 29.9 Å². The molecule has 1 aromatic carbocycles. The van der Waals surface area contributed by atoms with Crippen molar-refractivity contribution < 1.29 is 9.59 Å². The molecule has 1 unspecified atom stereocenters. The fourth-order valence-electron chi connectivity index (χ4n) is 4.27. The molecule has 0 radical (unpaired) electrons. The Hall–Kier alpha value is -2.14. The molecule has 1 aliphatic carbocycles. The first-order valence-electron chi connectivity index (χ1n) is 9.56. The van der Waals surface area contributed by atoms with Gasteiger partial charge in [0.05, 0.1) is 6.54 Å². The average molecular weight is 355 g/mol. The fourth-order valence-corrected chi connectivity index (χ4v) is 4.27. The van der Waals surface area contributed by atoms with Crippen LogP contribution in [0.5, 0.6) is 0 Å². The van der Waals surface area contributed by atoms with Crippen LogP contribution in [0.3, 0.4) is 0 Å². The highest BCUT2D eigenvalue weighted by atomic mass is 16.2. The minimum absolute atomic E-state index is 0.0805. The number of rotatable bonds is 7. The summed E-state index contributed by atoms with van der Waals surface area (Å²) in [5, 5.41) is 3.15. The number of nitrogens with one attached hydrogen (secondary N) is 1. The zero-order valence-electron chi connectivity index (χ0n) is 15.6. The normalized spacial score (nSPS) is 21.2. The third kappa shape index (κ3) is 3.98. The lowest BCUT2D eigenvalue weighted by Crippen LogP contribution is -2.48. The van der Waals surface area contributed by atoms with Crippen molar-refractivity contribution in [2.45, 2.75) is 50.7 Å². The van der Waals surface area contributed by atoms with Gasteiger partial charge in [-0.15, -0.1) is 0 Å². The molecule has 0 bridgehead atoms. The van der Waals surface area contributed by atoms with Crippen LogP contribution < -0.4 is 5.32 Å². The molecule has 5 heteroatoms. The highest BCUT2D eigenvalue weighted by Gasteiger charge is 2.49. The molecule has 1 aromatic rings. The monoisotopic (exact) mass is 355 g/mol. The van der Waals surface area contributed by atoms with Gasteiger partial charge in [0.25, 0.3) is 0 Å². The molecule has 1 atom stereocenters. The second kappa shape index (κ2) is 8.04. The first-order chi connectivity index (χ1) is 12.6. The SMILES string of the molecule is C=CC(=O)N(CC)CC(=O)NC1CN(Cc2ccccc2)C2(CCC2)C1. The lowest BCUT2D eigenvalue weighted by molar-refractivity contribution is -0.132. The van der Waals surface area contributed by atoms with E-state index < -0.39 is 0 Å². The molecule has 2 amide bonds. The maximum absolute atomic E-state index is 12.4. The molecule has 26 heavy (non-hydrogen) atoms. The Morgan fingerprint density at radius 3 is 2.65 bits per heavy atom. The molecule has 2 aliphatic rings. The highest BCUT2D eigenvalue weighted by Crippen LogP contribution is 2.46. The summed E-state index contributed by atoms with van der Waals surface area (Å²) in [6.45, 7) is 7.79. The molecule has 0 aromatic heterocycles. The van der Waals surface area contributed by atoms with E-state index in [1.165, 1.54) is 35.8 Å². The van der Waals surface area contributed by atoms with Crippen LogP contribution in [0.2, 0.25) is 0 Å². The number of benzene rings is 1. The van der Waals surface area contributed by atoms with Gasteiger partial charge in [-0.1, -0.05) is 36.9 Å². The lowest BCUT2D eigenvalue weighted by Gasteiger charge is -2.46. The highest BCUT2D eigenvalue weighted by molar-refractivity contribution is 5.90. The lowest BCUT2D eigenvalue weighted by atomic mass is 9.74. The van der Waals surface area contributed by atoms with E-state index >= 15 is 0 Å². The van der Waals surface area contributed by atoms with Crippen molar-refractivity contribution in [1.29, 1.82) is 0 Å². The zero-order valence-corrected chi connectivity index (χ0v) is 15.6. The number of hydrogen-bond acceptors (Lipinski definition) is 3. The summed E-state index contributed by atoms with van der Waals surface area (Å²) in [7, 11) is 0. The Morgan fingerprint density at radius 2 is 2.08 bits per heavy atom. The molecule has 1 saturated heterocycles. The van der Waals surface area contributed by atoms with Gasteiger partial charge < -0.3 is 10.2 Å². The molecule has 5 nitrogen and oxygen atoms in total. The summed E-state index contributed by atoms with van der Waals surface area (Å²) in [5.41, 5.74) is 1.56. The average Bonchev–Trinajstić information content (AvgIpc) is 2.98. The van der Waals surface area contributed by atoms with Crippen LogP contribution in [-0.2, 0) is 16.1 Å². The number of likely N-dealkylation sites (tertiary alicyclic amines) is 1. The molecule has 1 aliphatic heterocycles. The summed E-state index contributed by atoms with van der Waals surface area (Å²) in [6, 6.07) is 10.7. The summed E-state index contributed by atoms with van der Waals surface area (Å²) in [5.74, 6) is -0.279.